The zero-order valence-corrected chi connectivity index (χ0v) is 16.1. The molecule has 6 heteroatoms. The summed E-state index contributed by atoms with van der Waals surface area (Å²) in [6, 6.07) is 6.54. The molecule has 140 valence electrons. The molecule has 0 aliphatic carbocycles. The van der Waals surface area contributed by atoms with E-state index in [4.69, 9.17) is 0 Å². The average Bonchev–Trinajstić information content (AvgIpc) is 3.12. The van der Waals surface area contributed by atoms with Crippen LogP contribution < -0.4 is 10.6 Å². The monoisotopic (exact) mass is 355 g/mol. The van der Waals surface area contributed by atoms with Gasteiger partial charge < -0.3 is 10.6 Å². The molecule has 0 atom stereocenters. The molecule has 2 heterocycles. The fraction of sp³-hybridized carbons (Fsp3) is 0.550. The number of hydrogen-bond acceptors (Lipinski definition) is 4. The van der Waals surface area contributed by atoms with Gasteiger partial charge in [-0.05, 0) is 48.9 Å². The molecular weight excluding hydrogens is 326 g/mol. The summed E-state index contributed by atoms with van der Waals surface area (Å²) in [5.41, 5.74) is 3.58. The molecule has 0 radical (unpaired) electrons. The Morgan fingerprint density at radius 2 is 1.77 bits per heavy atom. The summed E-state index contributed by atoms with van der Waals surface area (Å²) < 4.78 is 1.84. The van der Waals surface area contributed by atoms with Crippen molar-refractivity contribution in [3.63, 3.8) is 0 Å². The first kappa shape index (κ1) is 18.6. The first-order valence-corrected chi connectivity index (χ1v) is 9.54. The van der Waals surface area contributed by atoms with Crippen LogP contribution in [-0.2, 0) is 0 Å². The molecule has 2 aromatic rings. The summed E-state index contributed by atoms with van der Waals surface area (Å²) in [7, 11) is 0. The van der Waals surface area contributed by atoms with E-state index >= 15 is 0 Å². The maximum Gasteiger partial charge on any atom is 0.277 e. The summed E-state index contributed by atoms with van der Waals surface area (Å²) in [5.74, 6) is 0.462. The number of nitrogens with one attached hydrogen (secondary N) is 2. The number of piperidine rings is 1. The maximum absolute atomic E-state index is 12.8. The third-order valence-electron chi connectivity index (χ3n) is 5.04. The van der Waals surface area contributed by atoms with E-state index < -0.39 is 0 Å². The van der Waals surface area contributed by atoms with Crippen LogP contribution in [0.15, 0.2) is 24.4 Å². The van der Waals surface area contributed by atoms with Crippen LogP contribution in [0.25, 0.3) is 0 Å². The summed E-state index contributed by atoms with van der Waals surface area (Å²) in [6.45, 7) is 10.5. The van der Waals surface area contributed by atoms with Gasteiger partial charge >= 0.3 is 0 Å². The lowest BCUT2D eigenvalue weighted by Gasteiger charge is -2.22. The van der Waals surface area contributed by atoms with Gasteiger partial charge in [0.2, 0.25) is 0 Å². The van der Waals surface area contributed by atoms with Gasteiger partial charge in [-0.1, -0.05) is 51.1 Å². The Balaban J connectivity index is 1.83. The molecule has 0 spiro atoms. The second-order valence-corrected chi connectivity index (χ2v) is 7.64. The Bertz CT molecular complexity index is 733. The number of para-hydroxylation sites is 1. The van der Waals surface area contributed by atoms with Gasteiger partial charge in [0.1, 0.15) is 0 Å². The van der Waals surface area contributed by atoms with Crippen molar-refractivity contribution in [2.24, 2.45) is 0 Å². The maximum atomic E-state index is 12.8. The SMILES string of the molecule is CC(C)c1cccc(C(C)C)c1NC(=O)c1cn(C2CCNCC2)nn1. The summed E-state index contributed by atoms with van der Waals surface area (Å²) in [4.78, 5) is 12.8. The number of anilines is 1. The molecule has 1 amide bonds. The van der Waals surface area contributed by atoms with E-state index in [1.54, 1.807) is 6.20 Å². The molecule has 1 aliphatic heterocycles. The summed E-state index contributed by atoms with van der Waals surface area (Å²) in [6.07, 6.45) is 3.80. The Kier molecular flexibility index (Phi) is 5.71. The topological polar surface area (TPSA) is 71.8 Å². The van der Waals surface area contributed by atoms with Gasteiger partial charge in [-0.3, -0.25) is 4.79 Å². The Labute approximate surface area is 155 Å². The Morgan fingerprint density at radius 1 is 1.15 bits per heavy atom. The van der Waals surface area contributed by atoms with Crippen molar-refractivity contribution in [3.8, 4) is 0 Å². The number of carbonyl (C=O) groups excluding carboxylic acids is 1. The molecule has 1 fully saturated rings. The van der Waals surface area contributed by atoms with Crippen LogP contribution in [0.5, 0.6) is 0 Å². The van der Waals surface area contributed by atoms with Gasteiger partial charge in [-0.25, -0.2) is 4.68 Å². The number of aromatic nitrogens is 3. The molecular formula is C20H29N5O. The van der Waals surface area contributed by atoms with Crippen LogP contribution in [0, 0.1) is 0 Å². The lowest BCUT2D eigenvalue weighted by atomic mass is 9.92. The highest BCUT2D eigenvalue weighted by molar-refractivity contribution is 6.03. The number of rotatable bonds is 5. The van der Waals surface area contributed by atoms with E-state index in [1.807, 2.05) is 4.68 Å². The van der Waals surface area contributed by atoms with E-state index in [2.05, 4.69) is 66.8 Å². The third-order valence-corrected chi connectivity index (χ3v) is 5.04. The predicted molar refractivity (Wildman–Crippen MR) is 104 cm³/mol. The highest BCUT2D eigenvalue weighted by atomic mass is 16.2. The Morgan fingerprint density at radius 3 is 2.35 bits per heavy atom. The predicted octanol–water partition coefficient (Wildman–Crippen LogP) is 3.70. The minimum absolute atomic E-state index is 0.194. The van der Waals surface area contributed by atoms with Crippen molar-refractivity contribution in [3.05, 3.63) is 41.2 Å². The van der Waals surface area contributed by atoms with Gasteiger partial charge in [0, 0.05) is 5.69 Å². The van der Waals surface area contributed by atoms with E-state index in [0.717, 1.165) is 42.7 Å². The average molecular weight is 355 g/mol. The summed E-state index contributed by atoms with van der Waals surface area (Å²) in [5, 5.41) is 14.8. The van der Waals surface area contributed by atoms with Crippen LogP contribution in [0.2, 0.25) is 0 Å². The number of nitrogens with zero attached hydrogens (tertiary/aromatic N) is 3. The lowest BCUT2D eigenvalue weighted by Crippen LogP contribution is -2.29. The second-order valence-electron chi connectivity index (χ2n) is 7.64. The molecule has 3 rings (SSSR count). The molecule has 0 bridgehead atoms. The standard InChI is InChI=1S/C20H29N5O/c1-13(2)16-6-5-7-17(14(3)4)19(16)22-20(26)18-12-25(24-23-18)15-8-10-21-11-9-15/h5-7,12-15,21H,8-11H2,1-4H3,(H,22,26). The van der Waals surface area contributed by atoms with Crippen molar-refractivity contribution in [1.29, 1.82) is 0 Å². The van der Waals surface area contributed by atoms with Crippen LogP contribution >= 0.6 is 0 Å². The van der Waals surface area contributed by atoms with Crippen molar-refractivity contribution in [1.82, 2.24) is 20.3 Å². The summed E-state index contributed by atoms with van der Waals surface area (Å²) >= 11 is 0. The van der Waals surface area contributed by atoms with Crippen molar-refractivity contribution >= 4 is 11.6 Å². The van der Waals surface area contributed by atoms with E-state index in [-0.39, 0.29) is 5.91 Å². The zero-order chi connectivity index (χ0) is 18.7. The van der Waals surface area contributed by atoms with Crippen LogP contribution in [-0.4, -0.2) is 34.0 Å². The number of benzene rings is 1. The molecule has 26 heavy (non-hydrogen) atoms. The molecule has 1 aromatic heterocycles. The number of amides is 1. The highest BCUT2D eigenvalue weighted by Crippen LogP contribution is 2.32. The van der Waals surface area contributed by atoms with Crippen LogP contribution in [0.1, 0.15) is 80.0 Å². The first-order valence-electron chi connectivity index (χ1n) is 9.54. The van der Waals surface area contributed by atoms with E-state index in [1.165, 1.54) is 0 Å². The molecule has 0 saturated carbocycles. The molecule has 1 aromatic carbocycles. The highest BCUT2D eigenvalue weighted by Gasteiger charge is 2.21. The van der Waals surface area contributed by atoms with Gasteiger partial charge in [0.15, 0.2) is 5.69 Å². The smallest absolute Gasteiger partial charge is 0.277 e. The van der Waals surface area contributed by atoms with Crippen LogP contribution in [0.3, 0.4) is 0 Å². The zero-order valence-electron chi connectivity index (χ0n) is 16.1. The van der Waals surface area contributed by atoms with Crippen molar-refractivity contribution < 1.29 is 4.79 Å². The lowest BCUT2D eigenvalue weighted by molar-refractivity contribution is 0.102. The molecule has 1 saturated heterocycles. The van der Waals surface area contributed by atoms with Gasteiger partial charge in [0.05, 0.1) is 12.2 Å². The first-order chi connectivity index (χ1) is 12.5. The van der Waals surface area contributed by atoms with Gasteiger partial charge in [-0.15, -0.1) is 5.10 Å². The van der Waals surface area contributed by atoms with Crippen LogP contribution in [0.4, 0.5) is 5.69 Å². The number of carbonyl (C=O) groups is 1. The second kappa shape index (κ2) is 7.99. The minimum atomic E-state index is -0.194. The van der Waals surface area contributed by atoms with Gasteiger partial charge in [-0.2, -0.15) is 0 Å². The largest absolute Gasteiger partial charge is 0.320 e. The van der Waals surface area contributed by atoms with E-state index in [9.17, 15) is 4.79 Å². The Hall–Kier alpha value is -2.21. The van der Waals surface area contributed by atoms with Crippen molar-refractivity contribution in [2.45, 2.75) is 58.4 Å². The molecule has 0 unspecified atom stereocenters. The van der Waals surface area contributed by atoms with Crippen molar-refractivity contribution in [2.75, 3.05) is 18.4 Å². The fourth-order valence-electron chi connectivity index (χ4n) is 3.50. The van der Waals surface area contributed by atoms with Gasteiger partial charge in [0.25, 0.3) is 5.91 Å². The quantitative estimate of drug-likeness (QED) is 0.858. The molecule has 1 aliphatic rings. The minimum Gasteiger partial charge on any atom is -0.320 e. The fourth-order valence-corrected chi connectivity index (χ4v) is 3.50. The third kappa shape index (κ3) is 3.96. The normalized spacial score (nSPS) is 15.6. The number of hydrogen-bond donors (Lipinski definition) is 2. The molecule has 6 nitrogen and oxygen atoms in total. The van der Waals surface area contributed by atoms with E-state index in [0.29, 0.717) is 23.6 Å². The molecule has 2 N–H and O–H groups in total.